The smallest absolute Gasteiger partial charge is 0.272 e. The van der Waals surface area contributed by atoms with Crippen molar-refractivity contribution in [3.05, 3.63) is 78.2 Å². The second-order valence-corrected chi connectivity index (χ2v) is 8.80. The molecule has 0 saturated carbocycles. The molecule has 1 aromatic heterocycles. The van der Waals surface area contributed by atoms with E-state index in [1.807, 2.05) is 60.7 Å². The molecule has 27 heavy (non-hydrogen) atoms. The lowest BCUT2D eigenvalue weighted by Gasteiger charge is -2.22. The van der Waals surface area contributed by atoms with Gasteiger partial charge < -0.3 is 0 Å². The number of benzene rings is 2. The lowest BCUT2D eigenvalue weighted by atomic mass is 10.2. The summed E-state index contributed by atoms with van der Waals surface area (Å²) < 4.78 is -1.76. The van der Waals surface area contributed by atoms with E-state index in [9.17, 15) is 4.79 Å². The second-order valence-electron chi connectivity index (χ2n) is 5.54. The average Bonchev–Trinajstić information content (AvgIpc) is 2.62. The summed E-state index contributed by atoms with van der Waals surface area (Å²) >= 11 is 18.6. The van der Waals surface area contributed by atoms with Crippen molar-refractivity contribution in [2.45, 2.75) is 15.7 Å². The minimum absolute atomic E-state index is 0.0359. The predicted molar refractivity (Wildman–Crippen MR) is 112 cm³/mol. The Balaban J connectivity index is 1.96. The molecule has 138 valence electrons. The Labute approximate surface area is 176 Å². The van der Waals surface area contributed by atoms with Crippen LogP contribution in [0.2, 0.25) is 0 Å². The molecule has 0 aliphatic carbocycles. The zero-order valence-corrected chi connectivity index (χ0v) is 17.2. The molecule has 1 heterocycles. The second kappa shape index (κ2) is 8.48. The van der Waals surface area contributed by atoms with Crippen LogP contribution in [-0.4, -0.2) is 15.2 Å². The van der Waals surface area contributed by atoms with E-state index in [1.165, 1.54) is 0 Å². The first-order chi connectivity index (χ1) is 12.8. The summed E-state index contributed by atoms with van der Waals surface area (Å²) in [5.74, 6) is 0.0359. The number of anilines is 2. The molecule has 0 spiro atoms. The number of rotatable bonds is 3. The number of thioether (sulfide) groups is 1. The monoisotopic (exact) mass is 437 g/mol. The van der Waals surface area contributed by atoms with Gasteiger partial charge in [0.15, 0.2) is 5.82 Å². The summed E-state index contributed by atoms with van der Waals surface area (Å²) in [5, 5.41) is 0.173. The van der Waals surface area contributed by atoms with Crippen LogP contribution in [0.3, 0.4) is 0 Å². The van der Waals surface area contributed by atoms with E-state index in [2.05, 4.69) is 9.97 Å². The highest BCUT2D eigenvalue weighted by Gasteiger charge is 2.28. The lowest BCUT2D eigenvalue weighted by molar-refractivity contribution is 0.267. The van der Waals surface area contributed by atoms with E-state index in [1.54, 1.807) is 17.9 Å². The fraction of sp³-hybridized carbons (Fsp3) is 0.105. The van der Waals surface area contributed by atoms with Gasteiger partial charge in [-0.05, 0) is 49.0 Å². The maximum Gasteiger partial charge on any atom is 0.296 e. The number of carbonyl (C=O) groups is 1. The molecule has 1 amide bonds. The van der Waals surface area contributed by atoms with Crippen LogP contribution in [0.5, 0.6) is 0 Å². The van der Waals surface area contributed by atoms with Crippen molar-refractivity contribution < 1.29 is 4.79 Å². The van der Waals surface area contributed by atoms with Crippen LogP contribution in [0.4, 0.5) is 16.2 Å². The molecule has 0 unspecified atom stereocenters. The Kier molecular flexibility index (Phi) is 6.27. The third kappa shape index (κ3) is 5.14. The minimum Gasteiger partial charge on any atom is -0.272 e. The van der Waals surface area contributed by atoms with E-state index < -0.39 is 3.79 Å². The van der Waals surface area contributed by atoms with Gasteiger partial charge in [-0.15, -0.1) is 0 Å². The standard InChI is InChI=1S/C19H14Cl3N3OS/c1-13-12-16(24-17(23-13)19(20,21)22)27-18(26)25(14-8-4-2-5-9-14)15-10-6-3-7-11-15/h2-12H,1H3. The quantitative estimate of drug-likeness (QED) is 0.260. The van der Waals surface area contributed by atoms with Gasteiger partial charge in [0.25, 0.3) is 5.24 Å². The van der Waals surface area contributed by atoms with Gasteiger partial charge in [0.2, 0.25) is 3.79 Å². The fourth-order valence-electron chi connectivity index (χ4n) is 2.37. The summed E-state index contributed by atoms with van der Waals surface area (Å²) in [5.41, 5.74) is 2.09. The zero-order valence-electron chi connectivity index (χ0n) is 14.1. The minimum atomic E-state index is -1.76. The summed E-state index contributed by atoms with van der Waals surface area (Å²) in [6, 6.07) is 20.4. The molecule has 0 radical (unpaired) electrons. The number of para-hydroxylation sites is 2. The van der Waals surface area contributed by atoms with Gasteiger partial charge in [-0.25, -0.2) is 9.97 Å². The van der Waals surface area contributed by atoms with Crippen LogP contribution >= 0.6 is 46.6 Å². The van der Waals surface area contributed by atoms with Crippen molar-refractivity contribution in [1.29, 1.82) is 0 Å². The van der Waals surface area contributed by atoms with Crippen molar-refractivity contribution in [2.24, 2.45) is 0 Å². The third-order valence-corrected chi connectivity index (χ3v) is 4.77. The first-order valence-electron chi connectivity index (χ1n) is 7.89. The average molecular weight is 439 g/mol. The Morgan fingerprint density at radius 1 is 0.926 bits per heavy atom. The molecule has 0 atom stereocenters. The molecule has 0 bridgehead atoms. The number of alkyl halides is 3. The Bertz CT molecular complexity index is 894. The van der Waals surface area contributed by atoms with Gasteiger partial charge in [0.1, 0.15) is 5.03 Å². The summed E-state index contributed by atoms with van der Waals surface area (Å²) in [4.78, 5) is 23.1. The molecule has 0 fully saturated rings. The number of hydrogen-bond donors (Lipinski definition) is 0. The molecule has 8 heteroatoms. The van der Waals surface area contributed by atoms with Crippen molar-refractivity contribution >= 4 is 63.2 Å². The van der Waals surface area contributed by atoms with Crippen LogP contribution < -0.4 is 4.90 Å². The van der Waals surface area contributed by atoms with Gasteiger partial charge in [-0.2, -0.15) is 0 Å². The molecule has 3 rings (SSSR count). The normalized spacial score (nSPS) is 11.3. The van der Waals surface area contributed by atoms with Crippen LogP contribution in [0, 0.1) is 6.92 Å². The van der Waals surface area contributed by atoms with Crippen LogP contribution in [0.15, 0.2) is 71.8 Å². The van der Waals surface area contributed by atoms with E-state index in [-0.39, 0.29) is 11.1 Å². The first kappa shape index (κ1) is 20.0. The number of aryl methyl sites for hydroxylation is 1. The maximum absolute atomic E-state index is 13.1. The number of carbonyl (C=O) groups excluding carboxylic acids is 1. The molecule has 0 aliphatic rings. The summed E-state index contributed by atoms with van der Waals surface area (Å²) in [6.07, 6.45) is 0. The van der Waals surface area contributed by atoms with Crippen LogP contribution in [-0.2, 0) is 3.79 Å². The lowest BCUT2D eigenvalue weighted by Crippen LogP contribution is -2.21. The number of aromatic nitrogens is 2. The molecule has 0 saturated heterocycles. The van der Waals surface area contributed by atoms with Gasteiger partial charge in [0, 0.05) is 17.1 Å². The van der Waals surface area contributed by atoms with Crippen molar-refractivity contribution in [3.8, 4) is 0 Å². The number of hydrogen-bond acceptors (Lipinski definition) is 4. The molecule has 2 aromatic carbocycles. The first-order valence-corrected chi connectivity index (χ1v) is 9.84. The van der Waals surface area contributed by atoms with Crippen molar-refractivity contribution in [3.63, 3.8) is 0 Å². The molecule has 3 aromatic rings. The highest BCUT2D eigenvalue weighted by Crippen LogP contribution is 2.37. The SMILES string of the molecule is Cc1cc(SC(=O)N(c2ccccc2)c2ccccc2)nc(C(Cl)(Cl)Cl)n1. The van der Waals surface area contributed by atoms with Gasteiger partial charge in [0.05, 0.1) is 0 Å². The largest absolute Gasteiger partial charge is 0.296 e. The number of amides is 1. The molecule has 0 N–H and O–H groups in total. The molecule has 4 nitrogen and oxygen atoms in total. The van der Waals surface area contributed by atoms with Gasteiger partial charge >= 0.3 is 0 Å². The third-order valence-electron chi connectivity index (χ3n) is 3.49. The Hall–Kier alpha value is -1.79. The number of halogens is 3. The zero-order chi connectivity index (χ0) is 19.4. The maximum atomic E-state index is 13.1. The molecular weight excluding hydrogens is 425 g/mol. The van der Waals surface area contributed by atoms with Gasteiger partial charge in [-0.3, -0.25) is 9.69 Å². The van der Waals surface area contributed by atoms with E-state index >= 15 is 0 Å². The highest BCUT2D eigenvalue weighted by atomic mass is 35.6. The van der Waals surface area contributed by atoms with Gasteiger partial charge in [-0.1, -0.05) is 71.2 Å². The predicted octanol–water partition coefficient (Wildman–Crippen LogP) is 6.66. The van der Waals surface area contributed by atoms with Crippen LogP contribution in [0.1, 0.15) is 11.5 Å². The van der Waals surface area contributed by atoms with E-state index in [0.717, 1.165) is 23.1 Å². The fourth-order valence-corrected chi connectivity index (χ4v) is 3.46. The molecular formula is C19H14Cl3N3OS. The summed E-state index contributed by atoms with van der Waals surface area (Å²) in [7, 11) is 0. The van der Waals surface area contributed by atoms with Crippen LogP contribution in [0.25, 0.3) is 0 Å². The summed E-state index contributed by atoms with van der Waals surface area (Å²) in [6.45, 7) is 1.75. The molecule has 0 aliphatic heterocycles. The van der Waals surface area contributed by atoms with Crippen molar-refractivity contribution in [1.82, 2.24) is 9.97 Å². The highest BCUT2D eigenvalue weighted by molar-refractivity contribution is 8.13. The Morgan fingerprint density at radius 2 is 1.44 bits per heavy atom. The van der Waals surface area contributed by atoms with E-state index in [0.29, 0.717) is 10.7 Å². The van der Waals surface area contributed by atoms with Crippen molar-refractivity contribution in [2.75, 3.05) is 4.90 Å². The number of nitrogens with zero attached hydrogens (tertiary/aromatic N) is 3. The Morgan fingerprint density at radius 3 is 1.93 bits per heavy atom. The van der Waals surface area contributed by atoms with E-state index in [4.69, 9.17) is 34.8 Å². The topological polar surface area (TPSA) is 46.1 Å².